The Hall–Kier alpha value is -7.04. The molecule has 10 aromatic rings. The molecule has 248 valence electrons. The van der Waals surface area contributed by atoms with Crippen molar-refractivity contribution in [3.63, 3.8) is 0 Å². The zero-order valence-corrected chi connectivity index (χ0v) is 28.8. The van der Waals surface area contributed by atoms with E-state index in [2.05, 4.69) is 191 Å². The topological polar surface area (TPSA) is 35.6 Å². The fourth-order valence-corrected chi connectivity index (χ4v) is 8.51. The number of benzene rings is 6. The predicted molar refractivity (Wildman–Crippen MR) is 221 cm³/mol. The molecular weight excluding hydrogens is 645 g/mol. The van der Waals surface area contributed by atoms with E-state index in [-0.39, 0.29) is 0 Å². The van der Waals surface area contributed by atoms with Crippen molar-refractivity contribution >= 4 is 60.5 Å². The van der Waals surface area contributed by atoms with Crippen LogP contribution in [0.3, 0.4) is 0 Å². The maximum Gasteiger partial charge on any atom is 0.138 e. The predicted octanol–water partition coefficient (Wildman–Crippen LogP) is 12.3. The lowest BCUT2D eigenvalue weighted by molar-refractivity contribution is 1.08. The SMILES string of the molecule is C1=CCc2c(cccc2-c2cccc(-n3c4ccccc4c4c5c6ccccc6n(-c6cccc(-c7cccc8ccccc78)n6)c5ccc43)n2)C=C1. The highest BCUT2D eigenvalue weighted by Crippen LogP contribution is 2.42. The fourth-order valence-electron chi connectivity index (χ4n) is 8.51. The van der Waals surface area contributed by atoms with Gasteiger partial charge in [0.2, 0.25) is 0 Å². The molecule has 6 aromatic carbocycles. The molecule has 0 saturated carbocycles. The van der Waals surface area contributed by atoms with E-state index in [4.69, 9.17) is 9.97 Å². The summed E-state index contributed by atoms with van der Waals surface area (Å²) in [7, 11) is 0. The molecule has 0 saturated heterocycles. The van der Waals surface area contributed by atoms with Gasteiger partial charge in [-0.1, -0.05) is 133 Å². The molecule has 0 fully saturated rings. The molecule has 0 atom stereocenters. The average molecular weight is 677 g/mol. The molecule has 0 spiro atoms. The molecule has 0 bridgehead atoms. The number of hydrogen-bond acceptors (Lipinski definition) is 2. The summed E-state index contributed by atoms with van der Waals surface area (Å²) < 4.78 is 4.66. The monoisotopic (exact) mass is 676 g/mol. The van der Waals surface area contributed by atoms with Gasteiger partial charge in [0.05, 0.1) is 33.5 Å². The maximum atomic E-state index is 5.38. The zero-order chi connectivity index (χ0) is 34.9. The van der Waals surface area contributed by atoms with Gasteiger partial charge in [0.15, 0.2) is 0 Å². The number of para-hydroxylation sites is 2. The van der Waals surface area contributed by atoms with Crippen LogP contribution < -0.4 is 0 Å². The van der Waals surface area contributed by atoms with E-state index in [1.54, 1.807) is 0 Å². The Morgan fingerprint density at radius 2 is 0.962 bits per heavy atom. The van der Waals surface area contributed by atoms with Gasteiger partial charge in [-0.05, 0) is 76.9 Å². The largest absolute Gasteiger partial charge is 0.294 e. The molecule has 0 unspecified atom stereocenters. The maximum absolute atomic E-state index is 5.38. The quantitative estimate of drug-likeness (QED) is 0.186. The zero-order valence-electron chi connectivity index (χ0n) is 28.8. The van der Waals surface area contributed by atoms with Crippen LogP contribution in [0.2, 0.25) is 0 Å². The number of hydrogen-bond donors (Lipinski definition) is 0. The first-order valence-electron chi connectivity index (χ1n) is 18.2. The van der Waals surface area contributed by atoms with Crippen LogP contribution in [0.25, 0.3) is 94.6 Å². The van der Waals surface area contributed by atoms with Crippen molar-refractivity contribution < 1.29 is 0 Å². The summed E-state index contributed by atoms with van der Waals surface area (Å²) in [5.74, 6) is 1.80. The molecule has 4 heterocycles. The van der Waals surface area contributed by atoms with E-state index in [1.165, 1.54) is 49.0 Å². The van der Waals surface area contributed by atoms with Crippen LogP contribution >= 0.6 is 0 Å². The molecule has 53 heavy (non-hydrogen) atoms. The van der Waals surface area contributed by atoms with Crippen LogP contribution in [-0.4, -0.2) is 19.1 Å². The molecule has 4 nitrogen and oxygen atoms in total. The Kier molecular flexibility index (Phi) is 6.58. The highest BCUT2D eigenvalue weighted by atomic mass is 15.1. The molecule has 0 N–H and O–H groups in total. The van der Waals surface area contributed by atoms with Crippen molar-refractivity contribution in [3.8, 4) is 34.2 Å². The molecule has 1 aliphatic rings. The van der Waals surface area contributed by atoms with Crippen LogP contribution in [0, 0.1) is 0 Å². The van der Waals surface area contributed by atoms with Gasteiger partial charge in [0.1, 0.15) is 11.6 Å². The van der Waals surface area contributed by atoms with E-state index >= 15 is 0 Å². The summed E-state index contributed by atoms with van der Waals surface area (Å²) in [6.45, 7) is 0. The Bertz CT molecular complexity index is 3150. The third kappa shape index (κ3) is 4.56. The number of pyridine rings is 2. The molecule has 0 amide bonds. The highest BCUT2D eigenvalue weighted by molar-refractivity contribution is 6.28. The van der Waals surface area contributed by atoms with E-state index in [0.717, 1.165) is 57.1 Å². The van der Waals surface area contributed by atoms with Gasteiger partial charge in [0.25, 0.3) is 0 Å². The van der Waals surface area contributed by atoms with Crippen LogP contribution in [0.5, 0.6) is 0 Å². The van der Waals surface area contributed by atoms with E-state index in [1.807, 2.05) is 0 Å². The van der Waals surface area contributed by atoms with Crippen LogP contribution in [0.15, 0.2) is 176 Å². The molecule has 4 heteroatoms. The fraction of sp³-hybridized carbons (Fsp3) is 0.0204. The average Bonchev–Trinajstić information content (AvgIpc) is 3.61. The number of allylic oxidation sites excluding steroid dienone is 3. The lowest BCUT2D eigenvalue weighted by Crippen LogP contribution is -2.00. The van der Waals surface area contributed by atoms with Gasteiger partial charge in [-0.3, -0.25) is 9.13 Å². The summed E-state index contributed by atoms with van der Waals surface area (Å²) in [5.41, 5.74) is 11.3. The van der Waals surface area contributed by atoms with Crippen LogP contribution in [-0.2, 0) is 6.42 Å². The van der Waals surface area contributed by atoms with Gasteiger partial charge >= 0.3 is 0 Å². The number of aromatic nitrogens is 4. The second-order valence-electron chi connectivity index (χ2n) is 13.7. The Morgan fingerprint density at radius 1 is 0.415 bits per heavy atom. The minimum Gasteiger partial charge on any atom is -0.294 e. The number of rotatable bonds is 4. The van der Waals surface area contributed by atoms with E-state index in [9.17, 15) is 0 Å². The highest BCUT2D eigenvalue weighted by Gasteiger charge is 2.22. The third-order valence-electron chi connectivity index (χ3n) is 10.8. The first-order valence-corrected chi connectivity index (χ1v) is 18.2. The summed E-state index contributed by atoms with van der Waals surface area (Å²) in [4.78, 5) is 10.7. The van der Waals surface area contributed by atoms with E-state index < -0.39 is 0 Å². The van der Waals surface area contributed by atoms with Crippen molar-refractivity contribution in [3.05, 3.63) is 187 Å². The second-order valence-corrected chi connectivity index (χ2v) is 13.7. The summed E-state index contributed by atoms with van der Waals surface area (Å²) in [6, 6.07) is 56.3. The third-order valence-corrected chi connectivity index (χ3v) is 10.8. The first kappa shape index (κ1) is 29.7. The van der Waals surface area contributed by atoms with Crippen molar-refractivity contribution in [2.75, 3.05) is 0 Å². The lowest BCUT2D eigenvalue weighted by atomic mass is 9.96. The lowest BCUT2D eigenvalue weighted by Gasteiger charge is -2.13. The van der Waals surface area contributed by atoms with Crippen LogP contribution in [0.4, 0.5) is 0 Å². The summed E-state index contributed by atoms with van der Waals surface area (Å²) in [6.07, 6.45) is 9.53. The molecule has 11 rings (SSSR count). The van der Waals surface area contributed by atoms with Crippen molar-refractivity contribution in [1.82, 2.24) is 19.1 Å². The van der Waals surface area contributed by atoms with Gasteiger partial charge in [0, 0.05) is 32.7 Å². The standard InChI is InChI=1S/C49H32N4/c1-2-14-32-16-10-22-36(34(32)18-3-1)40-24-12-28-46(50-40)52-42-26-8-6-20-38(42)48-44(52)30-31-45-49(48)39-21-7-9-27-43(39)53(45)47-29-13-25-41(51-47)37-23-11-17-33-15-4-5-19-35(33)37/h1-17,19-31H,18H2. The molecular formula is C49H32N4. The molecule has 0 aliphatic heterocycles. The van der Waals surface area contributed by atoms with Crippen LogP contribution in [0.1, 0.15) is 11.1 Å². The Balaban J connectivity index is 1.15. The Morgan fingerprint density at radius 3 is 1.66 bits per heavy atom. The molecule has 0 radical (unpaired) electrons. The minimum absolute atomic E-state index is 0.877. The van der Waals surface area contributed by atoms with Crippen molar-refractivity contribution in [1.29, 1.82) is 0 Å². The summed E-state index contributed by atoms with van der Waals surface area (Å²) >= 11 is 0. The van der Waals surface area contributed by atoms with Crippen molar-refractivity contribution in [2.24, 2.45) is 0 Å². The van der Waals surface area contributed by atoms with E-state index in [0.29, 0.717) is 0 Å². The molecule has 1 aliphatic carbocycles. The number of fused-ring (bicyclic) bond motifs is 9. The number of nitrogens with zero attached hydrogens (tertiary/aromatic N) is 4. The van der Waals surface area contributed by atoms with Gasteiger partial charge in [-0.2, -0.15) is 0 Å². The van der Waals surface area contributed by atoms with Gasteiger partial charge in [-0.25, -0.2) is 9.97 Å². The summed E-state index contributed by atoms with van der Waals surface area (Å²) in [5, 5.41) is 7.24. The second kappa shape index (κ2) is 11.8. The minimum atomic E-state index is 0.877. The van der Waals surface area contributed by atoms with Gasteiger partial charge < -0.3 is 0 Å². The smallest absolute Gasteiger partial charge is 0.138 e. The van der Waals surface area contributed by atoms with Crippen molar-refractivity contribution in [2.45, 2.75) is 6.42 Å². The molecule has 4 aromatic heterocycles. The first-order chi connectivity index (χ1) is 26.3. The normalized spacial score (nSPS) is 12.7. The van der Waals surface area contributed by atoms with Gasteiger partial charge in [-0.15, -0.1) is 0 Å². The Labute approximate surface area is 306 Å².